The van der Waals surface area contributed by atoms with E-state index in [9.17, 15) is 14.7 Å². The first-order valence-electron chi connectivity index (χ1n) is 10.4. The Hall–Kier alpha value is -2.44. The Morgan fingerprint density at radius 1 is 1.13 bits per heavy atom. The van der Waals surface area contributed by atoms with Gasteiger partial charge in [0.2, 0.25) is 0 Å². The van der Waals surface area contributed by atoms with Crippen LogP contribution in [0.15, 0.2) is 36.0 Å². The molecule has 0 bridgehead atoms. The zero-order chi connectivity index (χ0) is 22.5. The average Bonchev–Trinajstić information content (AvgIpc) is 3.14. The van der Waals surface area contributed by atoms with Gasteiger partial charge in [-0.25, -0.2) is 9.59 Å². The van der Waals surface area contributed by atoms with Crippen LogP contribution in [-0.2, 0) is 24.7 Å². The summed E-state index contributed by atoms with van der Waals surface area (Å²) in [6.45, 7) is 8.69. The molecule has 6 nitrogen and oxygen atoms in total. The molecule has 1 aromatic carbocycles. The van der Waals surface area contributed by atoms with E-state index in [2.05, 4.69) is 4.98 Å². The van der Waals surface area contributed by atoms with Crippen molar-refractivity contribution in [2.45, 2.75) is 62.7 Å². The van der Waals surface area contributed by atoms with E-state index in [1.165, 1.54) is 13.8 Å². The average molecular weight is 442 g/mol. The van der Waals surface area contributed by atoms with E-state index in [1.807, 2.05) is 45.2 Å². The SMILES string of the molecule is CC1c2ncc(C3C(C=C4C(=O)OC(C)(C)OC4=O)[C@]3(C)Cl)c3cccc(c23)[C@@]1(C)O. The number of hydrogen-bond acceptors (Lipinski definition) is 6. The molecule has 1 saturated carbocycles. The normalized spacial score (nSPS) is 35.7. The summed E-state index contributed by atoms with van der Waals surface area (Å²) in [6, 6.07) is 5.87. The number of alkyl halides is 1. The number of halogens is 1. The molecular weight excluding hydrogens is 418 g/mol. The molecule has 31 heavy (non-hydrogen) atoms. The number of cyclic esters (lactones) is 2. The number of ether oxygens (including phenoxy) is 2. The zero-order valence-electron chi connectivity index (χ0n) is 18.0. The van der Waals surface area contributed by atoms with Gasteiger partial charge in [-0.15, -0.1) is 11.6 Å². The van der Waals surface area contributed by atoms with Gasteiger partial charge >= 0.3 is 11.9 Å². The molecule has 1 aromatic heterocycles. The number of rotatable bonds is 2. The number of hydrogen-bond donors (Lipinski definition) is 1. The minimum atomic E-state index is -1.28. The molecule has 5 atom stereocenters. The Morgan fingerprint density at radius 2 is 1.77 bits per heavy atom. The molecule has 2 heterocycles. The lowest BCUT2D eigenvalue weighted by Crippen LogP contribution is -2.41. The zero-order valence-corrected chi connectivity index (χ0v) is 18.8. The Bertz CT molecular complexity index is 1170. The lowest BCUT2D eigenvalue weighted by Gasteiger charge is -2.29. The third-order valence-electron chi connectivity index (χ3n) is 7.08. The van der Waals surface area contributed by atoms with Gasteiger partial charge < -0.3 is 14.6 Å². The van der Waals surface area contributed by atoms with Gasteiger partial charge in [-0.05, 0) is 30.4 Å². The summed E-state index contributed by atoms with van der Waals surface area (Å²) in [6.07, 6.45) is 3.38. The maximum atomic E-state index is 12.4. The van der Waals surface area contributed by atoms with Crippen molar-refractivity contribution in [3.05, 3.63) is 52.9 Å². The maximum absolute atomic E-state index is 12.4. The molecule has 1 N–H and O–H groups in total. The number of aliphatic hydroxyl groups is 1. The molecule has 3 unspecified atom stereocenters. The van der Waals surface area contributed by atoms with Gasteiger partial charge in [0.15, 0.2) is 0 Å². The number of pyridine rings is 1. The number of esters is 2. The van der Waals surface area contributed by atoms with Crippen LogP contribution in [-0.4, -0.2) is 32.7 Å². The molecule has 5 rings (SSSR count). The number of benzene rings is 1. The monoisotopic (exact) mass is 441 g/mol. The molecule has 7 heteroatoms. The lowest BCUT2D eigenvalue weighted by molar-refractivity contribution is -0.222. The lowest BCUT2D eigenvalue weighted by atomic mass is 9.89. The summed E-state index contributed by atoms with van der Waals surface area (Å²) in [4.78, 5) is 28.8. The fraction of sp³-hybridized carbons (Fsp3) is 0.458. The highest BCUT2D eigenvalue weighted by atomic mass is 35.5. The minimum Gasteiger partial charge on any atom is -0.419 e. The summed E-state index contributed by atoms with van der Waals surface area (Å²) in [5, 5.41) is 13.0. The van der Waals surface area contributed by atoms with Crippen molar-refractivity contribution in [3.8, 4) is 0 Å². The van der Waals surface area contributed by atoms with Crippen LogP contribution in [0.5, 0.6) is 0 Å². The number of nitrogens with zero attached hydrogens (tertiary/aromatic N) is 1. The van der Waals surface area contributed by atoms with E-state index in [1.54, 1.807) is 6.08 Å². The number of carbonyl (C=O) groups is 2. The molecule has 0 amide bonds. The van der Waals surface area contributed by atoms with Crippen LogP contribution in [0.2, 0.25) is 0 Å². The quantitative estimate of drug-likeness (QED) is 0.328. The summed E-state index contributed by atoms with van der Waals surface area (Å²) in [5.74, 6) is -3.26. The maximum Gasteiger partial charge on any atom is 0.348 e. The predicted molar refractivity (Wildman–Crippen MR) is 115 cm³/mol. The first-order valence-corrected chi connectivity index (χ1v) is 10.8. The van der Waals surface area contributed by atoms with Crippen LogP contribution >= 0.6 is 11.6 Å². The van der Waals surface area contributed by atoms with Gasteiger partial charge in [-0.1, -0.05) is 31.2 Å². The van der Waals surface area contributed by atoms with Gasteiger partial charge in [-0.2, -0.15) is 0 Å². The van der Waals surface area contributed by atoms with Crippen molar-refractivity contribution in [1.82, 2.24) is 4.98 Å². The molecule has 162 valence electrons. The smallest absolute Gasteiger partial charge is 0.348 e. The second-order valence-corrected chi connectivity index (χ2v) is 10.4. The van der Waals surface area contributed by atoms with E-state index in [0.717, 1.165) is 27.6 Å². The van der Waals surface area contributed by atoms with Crippen LogP contribution in [0.25, 0.3) is 10.8 Å². The minimum absolute atomic E-state index is 0.129. The highest BCUT2D eigenvalue weighted by Crippen LogP contribution is 2.64. The molecule has 2 aromatic rings. The van der Waals surface area contributed by atoms with Gasteiger partial charge in [0.25, 0.3) is 5.79 Å². The largest absolute Gasteiger partial charge is 0.419 e. The van der Waals surface area contributed by atoms with Gasteiger partial charge in [0.1, 0.15) is 5.57 Å². The second kappa shape index (κ2) is 6.08. The summed E-state index contributed by atoms with van der Waals surface area (Å²) in [5.41, 5.74) is 1.53. The van der Waals surface area contributed by atoms with E-state index in [4.69, 9.17) is 21.1 Å². The van der Waals surface area contributed by atoms with E-state index in [-0.39, 0.29) is 23.3 Å². The van der Waals surface area contributed by atoms with Crippen LogP contribution in [0.4, 0.5) is 0 Å². The first-order chi connectivity index (χ1) is 14.4. The van der Waals surface area contributed by atoms with E-state index < -0.39 is 28.2 Å². The Morgan fingerprint density at radius 3 is 2.42 bits per heavy atom. The Labute approximate surface area is 185 Å². The van der Waals surface area contributed by atoms with Crippen molar-refractivity contribution in [1.29, 1.82) is 0 Å². The summed E-state index contributed by atoms with van der Waals surface area (Å²) >= 11 is 6.83. The Kier molecular flexibility index (Phi) is 4.01. The van der Waals surface area contributed by atoms with E-state index >= 15 is 0 Å². The topological polar surface area (TPSA) is 85.7 Å². The van der Waals surface area contributed by atoms with Crippen LogP contribution in [0, 0.1) is 5.92 Å². The van der Waals surface area contributed by atoms with Crippen LogP contribution in [0.1, 0.15) is 63.3 Å². The second-order valence-electron chi connectivity index (χ2n) is 9.61. The third-order valence-corrected chi connectivity index (χ3v) is 7.57. The fourth-order valence-corrected chi connectivity index (χ4v) is 5.47. The number of carbonyl (C=O) groups excluding carboxylic acids is 2. The highest BCUT2D eigenvalue weighted by Gasteiger charge is 2.61. The molecule has 1 aliphatic heterocycles. The van der Waals surface area contributed by atoms with Crippen molar-refractivity contribution in [2.24, 2.45) is 5.92 Å². The summed E-state index contributed by atoms with van der Waals surface area (Å²) in [7, 11) is 0. The van der Waals surface area contributed by atoms with Crippen molar-refractivity contribution < 1.29 is 24.2 Å². The van der Waals surface area contributed by atoms with Crippen LogP contribution in [0.3, 0.4) is 0 Å². The first kappa shape index (κ1) is 20.5. The number of allylic oxidation sites excluding steroid dienone is 1. The predicted octanol–water partition coefficient (Wildman–Crippen LogP) is 4.03. The van der Waals surface area contributed by atoms with Crippen LogP contribution < -0.4 is 0 Å². The van der Waals surface area contributed by atoms with E-state index in [0.29, 0.717) is 0 Å². The third kappa shape index (κ3) is 2.77. The molecule has 2 fully saturated rings. The molecule has 1 saturated heterocycles. The van der Waals surface area contributed by atoms with Gasteiger partial charge in [0, 0.05) is 43.2 Å². The Balaban J connectivity index is 1.58. The van der Waals surface area contributed by atoms with Gasteiger partial charge in [0.05, 0.1) is 16.2 Å². The summed E-state index contributed by atoms with van der Waals surface area (Å²) < 4.78 is 10.4. The molecule has 2 aliphatic carbocycles. The van der Waals surface area contributed by atoms with Crippen molar-refractivity contribution in [2.75, 3.05) is 0 Å². The van der Waals surface area contributed by atoms with Crippen molar-refractivity contribution in [3.63, 3.8) is 0 Å². The molecule has 0 radical (unpaired) electrons. The standard InChI is InChI=1S/C24H24ClNO5/c1-11-19-17-12(7-6-8-15(17)24(11,5)29)14(10-26-19)18-16(23(18,4)25)9-13-20(27)30-22(2,3)31-21(13)28/h6-11,16,18,29H,1-5H3/t11?,16?,18?,23-,24-/m0/s1. The number of aromatic nitrogens is 1. The molecule has 0 spiro atoms. The van der Waals surface area contributed by atoms with Crippen molar-refractivity contribution >= 4 is 34.3 Å². The highest BCUT2D eigenvalue weighted by molar-refractivity contribution is 6.28. The molecular formula is C24H24ClNO5. The molecule has 3 aliphatic rings. The fourth-order valence-electron chi connectivity index (χ4n) is 5.09. The van der Waals surface area contributed by atoms with Gasteiger partial charge in [-0.3, -0.25) is 4.98 Å².